The number of nitriles is 1. The van der Waals surface area contributed by atoms with E-state index in [2.05, 4.69) is 61.3 Å². The molecule has 2 aromatic rings. The van der Waals surface area contributed by atoms with Gasteiger partial charge in [0.15, 0.2) is 0 Å². The molecule has 2 N–H and O–H groups in total. The molecule has 160 valence electrons. The van der Waals surface area contributed by atoms with Crippen LogP contribution >= 0.6 is 0 Å². The van der Waals surface area contributed by atoms with Crippen molar-refractivity contribution in [1.82, 2.24) is 5.32 Å². The molecule has 1 atom stereocenters. The van der Waals surface area contributed by atoms with Crippen LogP contribution in [0.15, 0.2) is 30.3 Å². The average Bonchev–Trinajstić information content (AvgIpc) is 3.13. The molecule has 0 unspecified atom stereocenters. The highest BCUT2D eigenvalue weighted by atomic mass is 16.5. The molecular formula is C25H33N3O2. The fourth-order valence-corrected chi connectivity index (χ4v) is 4.29. The molecule has 0 fully saturated rings. The maximum Gasteiger partial charge on any atom is 0.125 e. The molecule has 0 aromatic heterocycles. The van der Waals surface area contributed by atoms with Gasteiger partial charge in [-0.2, -0.15) is 5.26 Å². The second-order valence-corrected chi connectivity index (χ2v) is 8.21. The van der Waals surface area contributed by atoms with E-state index in [0.29, 0.717) is 12.6 Å². The van der Waals surface area contributed by atoms with Gasteiger partial charge in [0.25, 0.3) is 0 Å². The summed E-state index contributed by atoms with van der Waals surface area (Å²) in [5.74, 6) is 0.981. The fourth-order valence-electron chi connectivity index (χ4n) is 4.29. The molecule has 1 aliphatic heterocycles. The predicted molar refractivity (Wildman–Crippen MR) is 121 cm³/mol. The first-order chi connectivity index (χ1) is 14.5. The standard InChI is InChI=1S/C25H33N3O2/c1-18-6-4-7-19(2)25(18)30-13-9-27-20(3)14-21-15-22-8-11-28(10-5-12-29)24(22)23(16-21)17-26/h4,6-7,15-16,20,27,29H,5,8-14H2,1-3H3/t20-/m1/s1. The summed E-state index contributed by atoms with van der Waals surface area (Å²) >= 11 is 0. The monoisotopic (exact) mass is 407 g/mol. The van der Waals surface area contributed by atoms with E-state index in [9.17, 15) is 5.26 Å². The van der Waals surface area contributed by atoms with Gasteiger partial charge in [0.2, 0.25) is 0 Å². The number of rotatable bonds is 10. The van der Waals surface area contributed by atoms with Crippen molar-refractivity contribution in [2.75, 3.05) is 37.7 Å². The van der Waals surface area contributed by atoms with Crippen LogP contribution in [0.4, 0.5) is 5.69 Å². The number of benzene rings is 2. The van der Waals surface area contributed by atoms with Crippen LogP contribution in [-0.4, -0.2) is 44.0 Å². The van der Waals surface area contributed by atoms with Gasteiger partial charge in [0.05, 0.1) is 11.3 Å². The molecule has 3 rings (SSSR count). The van der Waals surface area contributed by atoms with Crippen LogP contribution in [0.3, 0.4) is 0 Å². The summed E-state index contributed by atoms with van der Waals surface area (Å²) < 4.78 is 5.98. The second kappa shape index (κ2) is 10.5. The second-order valence-electron chi connectivity index (χ2n) is 8.21. The van der Waals surface area contributed by atoms with E-state index in [0.717, 1.165) is 55.9 Å². The summed E-state index contributed by atoms with van der Waals surface area (Å²) in [7, 11) is 0. The van der Waals surface area contributed by atoms with Crippen LogP contribution in [0.5, 0.6) is 5.75 Å². The number of anilines is 1. The van der Waals surface area contributed by atoms with Crippen molar-refractivity contribution in [3.63, 3.8) is 0 Å². The molecule has 5 heteroatoms. The molecule has 0 aliphatic carbocycles. The van der Waals surface area contributed by atoms with Crippen molar-refractivity contribution in [1.29, 1.82) is 5.26 Å². The van der Waals surface area contributed by atoms with E-state index in [1.807, 2.05) is 6.07 Å². The summed E-state index contributed by atoms with van der Waals surface area (Å²) in [6, 6.07) is 13.2. The Morgan fingerprint density at radius 2 is 2.03 bits per heavy atom. The predicted octanol–water partition coefficient (Wildman–Crippen LogP) is 3.52. The molecule has 30 heavy (non-hydrogen) atoms. The van der Waals surface area contributed by atoms with E-state index in [-0.39, 0.29) is 6.61 Å². The van der Waals surface area contributed by atoms with Crippen LogP contribution in [-0.2, 0) is 12.8 Å². The Balaban J connectivity index is 1.54. The third kappa shape index (κ3) is 5.33. The minimum Gasteiger partial charge on any atom is -0.492 e. The summed E-state index contributed by atoms with van der Waals surface area (Å²) in [6.07, 6.45) is 2.58. The van der Waals surface area contributed by atoms with Gasteiger partial charge >= 0.3 is 0 Å². The zero-order valence-corrected chi connectivity index (χ0v) is 18.4. The molecule has 0 saturated carbocycles. The number of fused-ring (bicyclic) bond motifs is 1. The van der Waals surface area contributed by atoms with Crippen molar-refractivity contribution in [2.45, 2.75) is 46.1 Å². The van der Waals surface area contributed by atoms with E-state index in [4.69, 9.17) is 9.84 Å². The Bertz CT molecular complexity index is 884. The third-order valence-electron chi connectivity index (χ3n) is 5.71. The molecule has 1 aliphatic rings. The number of aliphatic hydroxyl groups excluding tert-OH is 1. The van der Waals surface area contributed by atoms with Crippen LogP contribution < -0.4 is 15.0 Å². The quantitative estimate of drug-likeness (QED) is 0.590. The van der Waals surface area contributed by atoms with Crippen LogP contribution in [0.2, 0.25) is 0 Å². The number of nitrogens with one attached hydrogen (secondary N) is 1. The van der Waals surface area contributed by atoms with Gasteiger partial charge in [-0.15, -0.1) is 0 Å². The Hall–Kier alpha value is -2.55. The van der Waals surface area contributed by atoms with E-state index >= 15 is 0 Å². The van der Waals surface area contributed by atoms with E-state index in [1.54, 1.807) is 0 Å². The molecule has 0 saturated heterocycles. The lowest BCUT2D eigenvalue weighted by molar-refractivity contribution is 0.290. The molecule has 0 spiro atoms. The highest BCUT2D eigenvalue weighted by molar-refractivity contribution is 5.68. The van der Waals surface area contributed by atoms with Crippen molar-refractivity contribution >= 4 is 5.69 Å². The van der Waals surface area contributed by atoms with Gasteiger partial charge in [-0.1, -0.05) is 24.3 Å². The topological polar surface area (TPSA) is 68.5 Å². The maximum absolute atomic E-state index is 9.67. The largest absolute Gasteiger partial charge is 0.492 e. The number of aryl methyl sites for hydroxylation is 2. The van der Waals surface area contributed by atoms with Crippen molar-refractivity contribution in [3.8, 4) is 11.8 Å². The van der Waals surface area contributed by atoms with Gasteiger partial charge in [-0.25, -0.2) is 0 Å². The van der Waals surface area contributed by atoms with Crippen molar-refractivity contribution < 1.29 is 9.84 Å². The van der Waals surface area contributed by atoms with Crippen molar-refractivity contribution in [3.05, 3.63) is 58.1 Å². The summed E-state index contributed by atoms with van der Waals surface area (Å²) in [5.41, 5.74) is 6.61. The summed E-state index contributed by atoms with van der Waals surface area (Å²) in [4.78, 5) is 2.24. The highest BCUT2D eigenvalue weighted by Gasteiger charge is 2.23. The average molecular weight is 408 g/mol. The lowest BCUT2D eigenvalue weighted by atomic mass is 9.99. The molecule has 0 amide bonds. The number of ether oxygens (including phenoxy) is 1. The third-order valence-corrected chi connectivity index (χ3v) is 5.71. The maximum atomic E-state index is 9.67. The molecule has 5 nitrogen and oxygen atoms in total. The Morgan fingerprint density at radius 3 is 2.73 bits per heavy atom. The zero-order valence-electron chi connectivity index (χ0n) is 18.4. The Kier molecular flexibility index (Phi) is 7.73. The van der Waals surface area contributed by atoms with Crippen LogP contribution in [0.1, 0.15) is 41.2 Å². The first-order valence-corrected chi connectivity index (χ1v) is 10.9. The Labute approximate surface area is 180 Å². The highest BCUT2D eigenvalue weighted by Crippen LogP contribution is 2.33. The number of hydrogen-bond acceptors (Lipinski definition) is 5. The minimum absolute atomic E-state index is 0.183. The van der Waals surface area contributed by atoms with E-state index < -0.39 is 0 Å². The molecule has 0 bridgehead atoms. The van der Waals surface area contributed by atoms with Gasteiger partial charge in [0, 0.05) is 32.3 Å². The Morgan fingerprint density at radius 1 is 1.27 bits per heavy atom. The van der Waals surface area contributed by atoms with Gasteiger partial charge < -0.3 is 20.1 Å². The first kappa shape index (κ1) is 22.1. The smallest absolute Gasteiger partial charge is 0.125 e. The van der Waals surface area contributed by atoms with Gasteiger partial charge in [-0.05, 0) is 68.4 Å². The molecular weight excluding hydrogens is 374 g/mol. The molecule has 0 radical (unpaired) electrons. The zero-order chi connectivity index (χ0) is 21.5. The van der Waals surface area contributed by atoms with E-state index in [1.165, 1.54) is 22.3 Å². The van der Waals surface area contributed by atoms with Crippen LogP contribution in [0, 0.1) is 25.2 Å². The lowest BCUT2D eigenvalue weighted by Gasteiger charge is -2.21. The SMILES string of the molecule is Cc1cccc(C)c1OCCN[C@H](C)Cc1cc(C#N)c2c(c1)CCN2CCCO. The summed E-state index contributed by atoms with van der Waals surface area (Å²) in [6.45, 7) is 9.64. The van der Waals surface area contributed by atoms with Crippen LogP contribution in [0.25, 0.3) is 0 Å². The van der Waals surface area contributed by atoms with Gasteiger partial charge in [-0.3, -0.25) is 0 Å². The number of para-hydroxylation sites is 1. The summed E-state index contributed by atoms with van der Waals surface area (Å²) in [5, 5.41) is 22.3. The normalized spacial score (nSPS) is 13.8. The lowest BCUT2D eigenvalue weighted by Crippen LogP contribution is -2.32. The van der Waals surface area contributed by atoms with Gasteiger partial charge in [0.1, 0.15) is 18.4 Å². The number of aliphatic hydroxyl groups is 1. The minimum atomic E-state index is 0.183. The van der Waals surface area contributed by atoms with Crippen molar-refractivity contribution in [2.24, 2.45) is 0 Å². The fraction of sp³-hybridized carbons (Fsp3) is 0.480. The number of hydrogen-bond donors (Lipinski definition) is 2. The molecule has 1 heterocycles. The first-order valence-electron chi connectivity index (χ1n) is 10.9. The number of nitrogens with zero attached hydrogens (tertiary/aromatic N) is 2. The molecule has 2 aromatic carbocycles.